The average molecular weight is 535 g/mol. The summed E-state index contributed by atoms with van der Waals surface area (Å²) in [4.78, 5) is 0. The molecule has 0 bridgehead atoms. The largest absolute Gasteiger partial charge is 0.206 e. The molecule has 0 saturated heterocycles. The van der Waals surface area contributed by atoms with E-state index in [1.54, 1.807) is 0 Å². The van der Waals surface area contributed by atoms with Crippen molar-refractivity contribution in [3.8, 4) is 0 Å². The summed E-state index contributed by atoms with van der Waals surface area (Å²) in [6.45, 7) is 4.65. The van der Waals surface area contributed by atoms with Gasteiger partial charge in [0, 0.05) is 5.56 Å². The van der Waals surface area contributed by atoms with Gasteiger partial charge in [-0.2, -0.15) is 0 Å². The third kappa shape index (κ3) is 7.80. The van der Waals surface area contributed by atoms with Crippen LogP contribution in [-0.4, -0.2) is 0 Å². The summed E-state index contributed by atoms with van der Waals surface area (Å²) in [7, 11) is 0. The fourth-order valence-electron chi connectivity index (χ4n) is 9.48. The lowest BCUT2D eigenvalue weighted by Gasteiger charge is -2.38. The zero-order valence-corrected chi connectivity index (χ0v) is 25.6. The van der Waals surface area contributed by atoms with E-state index in [0.29, 0.717) is 5.92 Å². The number of rotatable bonds is 10. The maximum absolute atomic E-state index is 15.4. The summed E-state index contributed by atoms with van der Waals surface area (Å²) in [6.07, 6.45) is 31.3. The lowest BCUT2D eigenvalue weighted by Crippen LogP contribution is -2.25. The first-order chi connectivity index (χ1) is 19.1. The Kier molecular flexibility index (Phi) is 11.1. The van der Waals surface area contributed by atoms with E-state index in [-0.39, 0.29) is 5.82 Å². The van der Waals surface area contributed by atoms with Crippen LogP contribution in [0.15, 0.2) is 24.3 Å². The molecule has 0 heterocycles. The maximum Gasteiger partial charge on any atom is 0.130 e. The predicted molar refractivity (Wildman–Crippen MR) is 166 cm³/mol. The monoisotopic (exact) mass is 534 g/mol. The average Bonchev–Trinajstić information content (AvgIpc) is 2.98. The fourth-order valence-corrected chi connectivity index (χ4v) is 9.48. The number of hydrogen-bond acceptors (Lipinski definition) is 0. The van der Waals surface area contributed by atoms with Gasteiger partial charge in [0.05, 0.1) is 0 Å². The van der Waals surface area contributed by atoms with Gasteiger partial charge >= 0.3 is 0 Å². The topological polar surface area (TPSA) is 0 Å². The van der Waals surface area contributed by atoms with Gasteiger partial charge in [0.15, 0.2) is 0 Å². The van der Waals surface area contributed by atoms with Gasteiger partial charge in [0.25, 0.3) is 0 Å². The van der Waals surface area contributed by atoms with E-state index in [2.05, 4.69) is 32.1 Å². The van der Waals surface area contributed by atoms with E-state index in [9.17, 15) is 0 Å². The SMILES string of the molecule is CCCCCC1CCC(C2CCC(c3ccc(C4=CCC(C5CCC(CCC)CC5)CC4)c(F)c3)CC2)CC1. The van der Waals surface area contributed by atoms with Crippen LogP contribution in [-0.2, 0) is 0 Å². The summed E-state index contributed by atoms with van der Waals surface area (Å²) in [5.74, 6) is 6.28. The molecule has 0 aromatic heterocycles. The Labute approximate surface area is 241 Å². The highest BCUT2D eigenvalue weighted by Gasteiger charge is 2.32. The van der Waals surface area contributed by atoms with E-state index in [1.807, 2.05) is 6.07 Å². The van der Waals surface area contributed by atoms with Crippen molar-refractivity contribution < 1.29 is 4.39 Å². The van der Waals surface area contributed by atoms with Gasteiger partial charge in [-0.1, -0.05) is 96.3 Å². The lowest BCUT2D eigenvalue weighted by atomic mass is 9.68. The lowest BCUT2D eigenvalue weighted by molar-refractivity contribution is 0.155. The molecule has 39 heavy (non-hydrogen) atoms. The number of hydrogen-bond donors (Lipinski definition) is 0. The molecule has 0 N–H and O–H groups in total. The van der Waals surface area contributed by atoms with Gasteiger partial charge < -0.3 is 0 Å². The Morgan fingerprint density at radius 3 is 1.82 bits per heavy atom. The molecular formula is C38H59F. The highest BCUT2D eigenvalue weighted by molar-refractivity contribution is 5.67. The first kappa shape index (κ1) is 29.4. The van der Waals surface area contributed by atoms with E-state index in [1.165, 1.54) is 140 Å². The van der Waals surface area contributed by atoms with Gasteiger partial charge in [-0.3, -0.25) is 0 Å². The van der Waals surface area contributed by atoms with Crippen molar-refractivity contribution in [1.29, 1.82) is 0 Å². The van der Waals surface area contributed by atoms with Gasteiger partial charge in [-0.25, -0.2) is 4.39 Å². The minimum atomic E-state index is 0.0424. The Morgan fingerprint density at radius 2 is 1.26 bits per heavy atom. The third-order valence-corrected chi connectivity index (χ3v) is 12.1. The Morgan fingerprint density at radius 1 is 0.641 bits per heavy atom. The molecule has 3 saturated carbocycles. The zero-order valence-electron chi connectivity index (χ0n) is 25.6. The van der Waals surface area contributed by atoms with E-state index < -0.39 is 0 Å². The van der Waals surface area contributed by atoms with Crippen molar-refractivity contribution in [2.24, 2.45) is 35.5 Å². The molecule has 5 rings (SSSR count). The van der Waals surface area contributed by atoms with Crippen LogP contribution in [0.1, 0.15) is 166 Å². The highest BCUT2D eigenvalue weighted by atomic mass is 19.1. The summed E-state index contributed by atoms with van der Waals surface area (Å²) in [5.41, 5.74) is 3.45. The molecule has 0 aliphatic heterocycles. The normalized spacial score (nSPS) is 34.0. The van der Waals surface area contributed by atoms with Gasteiger partial charge in [0.2, 0.25) is 0 Å². The Hall–Kier alpha value is -1.11. The molecule has 218 valence electrons. The minimum absolute atomic E-state index is 0.0424. The van der Waals surface area contributed by atoms with Crippen LogP contribution in [0.5, 0.6) is 0 Å². The number of unbranched alkanes of at least 4 members (excludes halogenated alkanes) is 2. The molecule has 1 atom stereocenters. The minimum Gasteiger partial charge on any atom is -0.206 e. The smallest absolute Gasteiger partial charge is 0.130 e. The molecule has 3 fully saturated rings. The first-order valence-electron chi connectivity index (χ1n) is 17.6. The van der Waals surface area contributed by atoms with Crippen LogP contribution >= 0.6 is 0 Å². The Balaban J connectivity index is 1.07. The molecule has 1 unspecified atom stereocenters. The zero-order chi connectivity index (χ0) is 27.0. The summed E-state index contributed by atoms with van der Waals surface area (Å²) < 4.78 is 15.4. The number of allylic oxidation sites excluding steroid dienone is 2. The van der Waals surface area contributed by atoms with Crippen LogP contribution in [0.2, 0.25) is 0 Å². The molecule has 4 aliphatic carbocycles. The number of halogens is 1. The number of benzene rings is 1. The van der Waals surface area contributed by atoms with Crippen LogP contribution in [0.3, 0.4) is 0 Å². The second-order valence-electron chi connectivity index (χ2n) is 14.5. The molecule has 0 nitrogen and oxygen atoms in total. The van der Waals surface area contributed by atoms with Crippen molar-refractivity contribution >= 4 is 5.57 Å². The molecular weight excluding hydrogens is 475 g/mol. The van der Waals surface area contributed by atoms with Crippen molar-refractivity contribution in [2.75, 3.05) is 0 Å². The van der Waals surface area contributed by atoms with Gasteiger partial charge in [0.1, 0.15) is 5.82 Å². The molecule has 0 radical (unpaired) electrons. The van der Waals surface area contributed by atoms with E-state index >= 15 is 4.39 Å². The standard InChI is InChI=1S/C38H59F/c1-3-5-6-8-29-11-15-31(16-12-29)32-17-19-34(20-18-32)36-25-26-37(38(39)27-36)35-23-21-33(22-24-35)30-13-9-28(7-4-2)10-14-30/h23,25-34H,3-22,24H2,1-2H3. The van der Waals surface area contributed by atoms with E-state index in [0.717, 1.165) is 47.5 Å². The first-order valence-corrected chi connectivity index (χ1v) is 17.6. The highest BCUT2D eigenvalue weighted by Crippen LogP contribution is 2.46. The molecule has 1 aromatic carbocycles. The predicted octanol–water partition coefficient (Wildman–Crippen LogP) is 12.3. The van der Waals surface area contributed by atoms with Crippen LogP contribution in [0.25, 0.3) is 5.57 Å². The summed E-state index contributed by atoms with van der Waals surface area (Å²) in [5, 5.41) is 0. The quantitative estimate of drug-likeness (QED) is 0.262. The van der Waals surface area contributed by atoms with Crippen LogP contribution in [0, 0.1) is 41.3 Å². The van der Waals surface area contributed by atoms with Crippen LogP contribution < -0.4 is 0 Å². The van der Waals surface area contributed by atoms with Crippen molar-refractivity contribution in [1.82, 2.24) is 0 Å². The van der Waals surface area contributed by atoms with Gasteiger partial charge in [-0.05, 0) is 129 Å². The van der Waals surface area contributed by atoms with Crippen molar-refractivity contribution in [2.45, 2.75) is 155 Å². The summed E-state index contributed by atoms with van der Waals surface area (Å²) >= 11 is 0. The molecule has 1 aromatic rings. The third-order valence-electron chi connectivity index (χ3n) is 12.1. The molecule has 0 amide bonds. The van der Waals surface area contributed by atoms with Crippen molar-refractivity contribution in [3.63, 3.8) is 0 Å². The molecule has 1 heteroatoms. The maximum atomic E-state index is 15.4. The summed E-state index contributed by atoms with van der Waals surface area (Å²) in [6, 6.07) is 6.34. The Bertz CT molecular complexity index is 889. The second kappa shape index (κ2) is 14.7. The second-order valence-corrected chi connectivity index (χ2v) is 14.5. The van der Waals surface area contributed by atoms with E-state index in [4.69, 9.17) is 0 Å². The van der Waals surface area contributed by atoms with Gasteiger partial charge in [-0.15, -0.1) is 0 Å². The van der Waals surface area contributed by atoms with Crippen molar-refractivity contribution in [3.05, 3.63) is 41.2 Å². The molecule has 4 aliphatic rings. The fraction of sp³-hybridized carbons (Fsp3) is 0.789. The van der Waals surface area contributed by atoms with Crippen LogP contribution in [0.4, 0.5) is 4.39 Å². The molecule has 0 spiro atoms.